The quantitative estimate of drug-likeness (QED) is 0.570. The van der Waals surface area contributed by atoms with Gasteiger partial charge in [0, 0.05) is 12.6 Å². The fraction of sp³-hybridized carbons (Fsp3) is 0.833. The summed E-state index contributed by atoms with van der Waals surface area (Å²) >= 11 is 0. The molecule has 2 amide bonds. The highest BCUT2D eigenvalue weighted by Crippen LogP contribution is 2.14. The Labute approximate surface area is 67.0 Å². The topological polar surface area (TPSA) is 46.3 Å². The molecule has 0 bridgehead atoms. The third-order valence-electron chi connectivity index (χ3n) is 1.84. The van der Waals surface area contributed by atoms with Crippen LogP contribution in [0.25, 0.3) is 0 Å². The van der Waals surface area contributed by atoms with Crippen molar-refractivity contribution in [3.05, 3.63) is 0 Å². The number of amides is 2. The van der Waals surface area contributed by atoms with Crippen molar-refractivity contribution in [2.24, 2.45) is 5.73 Å². The van der Waals surface area contributed by atoms with Crippen LogP contribution in [-0.2, 0) is 0 Å². The number of rotatable bonds is 0. The minimum Gasteiger partial charge on any atom is -0.351 e. The molecule has 4 heteroatoms. The van der Waals surface area contributed by atoms with E-state index in [1.807, 2.05) is 6.92 Å². The second kappa shape index (κ2) is 3.66. The zero-order valence-corrected chi connectivity index (χ0v) is 6.86. The van der Waals surface area contributed by atoms with E-state index in [0.717, 1.165) is 19.4 Å². The summed E-state index contributed by atoms with van der Waals surface area (Å²) in [5, 5.41) is 0. The van der Waals surface area contributed by atoms with Crippen molar-refractivity contribution < 1.29 is 4.79 Å². The summed E-state index contributed by atoms with van der Waals surface area (Å²) in [4.78, 5) is 12.3. The predicted octanol–water partition coefficient (Wildman–Crippen LogP) is 0.971. The summed E-state index contributed by atoms with van der Waals surface area (Å²) in [6.07, 6.45) is 2.20. The molecular formula is C6H13ClN2O. The fourth-order valence-corrected chi connectivity index (χ4v) is 1.26. The van der Waals surface area contributed by atoms with E-state index in [1.54, 1.807) is 4.90 Å². The first-order chi connectivity index (χ1) is 4.22. The first-order valence-corrected chi connectivity index (χ1v) is 3.28. The first-order valence-electron chi connectivity index (χ1n) is 3.28. The van der Waals surface area contributed by atoms with Crippen molar-refractivity contribution in [1.82, 2.24) is 4.90 Å². The van der Waals surface area contributed by atoms with E-state index in [4.69, 9.17) is 5.73 Å². The van der Waals surface area contributed by atoms with E-state index in [1.165, 1.54) is 0 Å². The summed E-state index contributed by atoms with van der Waals surface area (Å²) in [5.74, 6) is 0. The van der Waals surface area contributed by atoms with Gasteiger partial charge in [0.2, 0.25) is 0 Å². The Morgan fingerprint density at radius 3 is 2.50 bits per heavy atom. The van der Waals surface area contributed by atoms with Crippen molar-refractivity contribution in [3.8, 4) is 0 Å². The number of urea groups is 1. The lowest BCUT2D eigenvalue weighted by atomic mass is 10.2. The molecule has 1 saturated heterocycles. The lowest BCUT2D eigenvalue weighted by Gasteiger charge is -2.17. The smallest absolute Gasteiger partial charge is 0.315 e. The third kappa shape index (κ3) is 1.77. The highest BCUT2D eigenvalue weighted by atomic mass is 35.5. The van der Waals surface area contributed by atoms with Crippen LogP contribution in [-0.4, -0.2) is 23.5 Å². The van der Waals surface area contributed by atoms with Crippen LogP contribution < -0.4 is 5.73 Å². The molecule has 0 radical (unpaired) electrons. The average Bonchev–Trinajstić information content (AvgIpc) is 2.13. The highest BCUT2D eigenvalue weighted by Gasteiger charge is 2.22. The van der Waals surface area contributed by atoms with Gasteiger partial charge in [-0.15, -0.1) is 12.4 Å². The van der Waals surface area contributed by atoms with Crippen LogP contribution >= 0.6 is 12.4 Å². The van der Waals surface area contributed by atoms with E-state index < -0.39 is 0 Å². The van der Waals surface area contributed by atoms with E-state index in [2.05, 4.69) is 0 Å². The molecule has 60 valence electrons. The molecule has 1 rings (SSSR count). The Morgan fingerprint density at radius 1 is 1.70 bits per heavy atom. The summed E-state index contributed by atoms with van der Waals surface area (Å²) in [6.45, 7) is 2.87. The van der Waals surface area contributed by atoms with Crippen LogP contribution in [0.15, 0.2) is 0 Å². The molecule has 1 fully saturated rings. The summed E-state index contributed by atoms with van der Waals surface area (Å²) in [7, 11) is 0. The van der Waals surface area contributed by atoms with Crippen molar-refractivity contribution in [1.29, 1.82) is 0 Å². The molecule has 2 N–H and O–H groups in total. The molecule has 0 aromatic rings. The molecule has 0 saturated carbocycles. The molecule has 1 aliphatic heterocycles. The maximum absolute atomic E-state index is 10.6. The van der Waals surface area contributed by atoms with Crippen molar-refractivity contribution >= 4 is 18.4 Å². The van der Waals surface area contributed by atoms with Crippen LogP contribution in [0.3, 0.4) is 0 Å². The Morgan fingerprint density at radius 2 is 2.30 bits per heavy atom. The van der Waals surface area contributed by atoms with Crippen molar-refractivity contribution in [3.63, 3.8) is 0 Å². The second-order valence-electron chi connectivity index (χ2n) is 2.52. The number of carbonyl (C=O) groups is 1. The number of primary amides is 1. The molecule has 0 unspecified atom stereocenters. The predicted molar refractivity (Wildman–Crippen MR) is 42.2 cm³/mol. The summed E-state index contributed by atoms with van der Waals surface area (Å²) in [5.41, 5.74) is 5.08. The van der Waals surface area contributed by atoms with Crippen LogP contribution in [0.4, 0.5) is 4.79 Å². The number of likely N-dealkylation sites (tertiary alicyclic amines) is 1. The van der Waals surface area contributed by atoms with E-state index >= 15 is 0 Å². The van der Waals surface area contributed by atoms with Gasteiger partial charge in [-0.05, 0) is 19.8 Å². The zero-order chi connectivity index (χ0) is 6.85. The van der Waals surface area contributed by atoms with Gasteiger partial charge in [0.15, 0.2) is 0 Å². The molecule has 0 aromatic heterocycles. The van der Waals surface area contributed by atoms with Crippen LogP contribution in [0, 0.1) is 0 Å². The lowest BCUT2D eigenvalue weighted by Crippen LogP contribution is -2.37. The van der Waals surface area contributed by atoms with E-state index in [0.29, 0.717) is 6.04 Å². The molecule has 0 aliphatic carbocycles. The summed E-state index contributed by atoms with van der Waals surface area (Å²) in [6, 6.07) is 0.0856. The lowest BCUT2D eigenvalue weighted by molar-refractivity contribution is 0.206. The maximum atomic E-state index is 10.6. The molecule has 10 heavy (non-hydrogen) atoms. The van der Waals surface area contributed by atoms with E-state index in [9.17, 15) is 4.79 Å². The first kappa shape index (κ1) is 9.56. The van der Waals surface area contributed by atoms with Gasteiger partial charge < -0.3 is 10.6 Å². The van der Waals surface area contributed by atoms with Gasteiger partial charge in [-0.1, -0.05) is 0 Å². The van der Waals surface area contributed by atoms with E-state index in [-0.39, 0.29) is 18.4 Å². The van der Waals surface area contributed by atoms with Gasteiger partial charge in [0.25, 0.3) is 0 Å². The third-order valence-corrected chi connectivity index (χ3v) is 1.84. The maximum Gasteiger partial charge on any atom is 0.315 e. The van der Waals surface area contributed by atoms with Gasteiger partial charge in [0.05, 0.1) is 0 Å². The van der Waals surface area contributed by atoms with Crippen molar-refractivity contribution in [2.75, 3.05) is 6.54 Å². The molecule has 1 aliphatic rings. The minimum atomic E-state index is -0.278. The van der Waals surface area contributed by atoms with Crippen LogP contribution in [0.1, 0.15) is 19.8 Å². The molecular weight excluding hydrogens is 152 g/mol. The Hall–Kier alpha value is -0.440. The molecule has 1 atom stereocenters. The number of nitrogens with zero attached hydrogens (tertiary/aromatic N) is 1. The van der Waals surface area contributed by atoms with Gasteiger partial charge in [-0.25, -0.2) is 4.79 Å². The van der Waals surface area contributed by atoms with Gasteiger partial charge in [0.1, 0.15) is 0 Å². The zero-order valence-electron chi connectivity index (χ0n) is 6.04. The number of nitrogens with two attached hydrogens (primary N) is 1. The Bertz CT molecular complexity index is 129. The standard InChI is InChI=1S/C6H12N2O.ClH/c1-5-3-2-4-8(5)6(7)9;/h5H,2-4H2,1H3,(H2,7,9);1H/t5-;/m0./s1. The monoisotopic (exact) mass is 164 g/mol. The number of halogens is 1. The van der Waals surface area contributed by atoms with Crippen LogP contribution in [0.5, 0.6) is 0 Å². The largest absolute Gasteiger partial charge is 0.351 e. The molecule has 0 aromatic carbocycles. The highest BCUT2D eigenvalue weighted by molar-refractivity contribution is 5.85. The fourth-order valence-electron chi connectivity index (χ4n) is 1.26. The van der Waals surface area contributed by atoms with Gasteiger partial charge >= 0.3 is 6.03 Å². The van der Waals surface area contributed by atoms with Gasteiger partial charge in [-0.3, -0.25) is 0 Å². The van der Waals surface area contributed by atoms with Crippen molar-refractivity contribution in [2.45, 2.75) is 25.8 Å². The molecule has 1 heterocycles. The van der Waals surface area contributed by atoms with Crippen LogP contribution in [0.2, 0.25) is 0 Å². The van der Waals surface area contributed by atoms with Gasteiger partial charge in [-0.2, -0.15) is 0 Å². The number of carbonyl (C=O) groups excluding carboxylic acids is 1. The Kier molecular flexibility index (Phi) is 3.50. The number of hydrogen-bond donors (Lipinski definition) is 1. The minimum absolute atomic E-state index is 0. The molecule has 0 spiro atoms. The number of hydrogen-bond acceptors (Lipinski definition) is 1. The molecule has 3 nitrogen and oxygen atoms in total. The normalized spacial score (nSPS) is 24.1. The average molecular weight is 165 g/mol. The Balaban J connectivity index is 0.000000810. The summed E-state index contributed by atoms with van der Waals surface area (Å²) < 4.78 is 0. The SMILES string of the molecule is C[C@H]1CCCN1C(N)=O.Cl. The second-order valence-corrected chi connectivity index (χ2v) is 2.52.